The first kappa shape index (κ1) is 10.8. The molecule has 3 rings (SSSR count). The van der Waals surface area contributed by atoms with Crippen molar-refractivity contribution in [1.29, 1.82) is 0 Å². The number of nitrogens with zero attached hydrogens (tertiary/aromatic N) is 1. The monoisotopic (exact) mass is 230 g/mol. The van der Waals surface area contributed by atoms with Gasteiger partial charge in [-0.3, -0.25) is 0 Å². The lowest BCUT2D eigenvalue weighted by molar-refractivity contribution is 0.276. The number of fused-ring (bicyclic) bond motifs is 3. The molecule has 0 atom stereocenters. The highest BCUT2D eigenvalue weighted by molar-refractivity contribution is 5.86. The lowest BCUT2D eigenvalue weighted by Crippen LogP contribution is -2.25. The minimum atomic E-state index is 0.206. The largest absolute Gasteiger partial charge is 0.395 e. The van der Waals surface area contributed by atoms with Crippen LogP contribution in [0.4, 0.5) is 0 Å². The van der Waals surface area contributed by atoms with Crippen molar-refractivity contribution < 1.29 is 5.11 Å². The van der Waals surface area contributed by atoms with E-state index in [1.54, 1.807) is 0 Å². The van der Waals surface area contributed by atoms with Gasteiger partial charge < -0.3 is 15.0 Å². The number of hydrogen-bond acceptors (Lipinski definition) is 2. The standard InChI is InChI=1S/C14H18N2O/c1-10-2-3-13-11(8-10)12-9-15-5-4-14(12)16(13)6-7-17/h2-3,8,15,17H,4-7,9H2,1H3. The fourth-order valence-electron chi connectivity index (χ4n) is 2.85. The zero-order chi connectivity index (χ0) is 11.8. The van der Waals surface area contributed by atoms with E-state index in [0.29, 0.717) is 6.54 Å². The van der Waals surface area contributed by atoms with Crippen LogP contribution >= 0.6 is 0 Å². The maximum atomic E-state index is 9.22. The highest BCUT2D eigenvalue weighted by atomic mass is 16.3. The number of aryl methyl sites for hydroxylation is 1. The molecule has 2 aromatic rings. The average molecular weight is 230 g/mol. The fourth-order valence-corrected chi connectivity index (χ4v) is 2.85. The number of hydrogen-bond donors (Lipinski definition) is 2. The summed E-state index contributed by atoms with van der Waals surface area (Å²) in [7, 11) is 0. The van der Waals surface area contributed by atoms with Crippen LogP contribution in [-0.4, -0.2) is 22.8 Å². The third-order valence-corrected chi connectivity index (χ3v) is 3.61. The molecule has 2 N–H and O–H groups in total. The molecule has 17 heavy (non-hydrogen) atoms. The molecule has 0 amide bonds. The minimum absolute atomic E-state index is 0.206. The second-order valence-corrected chi connectivity index (χ2v) is 4.75. The van der Waals surface area contributed by atoms with Crippen molar-refractivity contribution in [2.45, 2.75) is 26.4 Å². The number of aliphatic hydroxyl groups is 1. The summed E-state index contributed by atoms with van der Waals surface area (Å²) in [4.78, 5) is 0. The summed E-state index contributed by atoms with van der Waals surface area (Å²) in [5.74, 6) is 0. The van der Waals surface area contributed by atoms with E-state index < -0.39 is 0 Å². The van der Waals surface area contributed by atoms with Gasteiger partial charge in [0.25, 0.3) is 0 Å². The Kier molecular flexibility index (Phi) is 2.65. The van der Waals surface area contributed by atoms with Crippen molar-refractivity contribution in [2.75, 3.05) is 13.2 Å². The Labute approximate surface area is 101 Å². The molecule has 0 saturated carbocycles. The second-order valence-electron chi connectivity index (χ2n) is 4.75. The van der Waals surface area contributed by atoms with Crippen LogP contribution < -0.4 is 5.32 Å². The molecule has 90 valence electrons. The lowest BCUT2D eigenvalue weighted by atomic mass is 10.0. The lowest BCUT2D eigenvalue weighted by Gasteiger charge is -2.16. The predicted molar refractivity (Wildman–Crippen MR) is 69.2 cm³/mol. The van der Waals surface area contributed by atoms with E-state index in [1.165, 1.54) is 27.7 Å². The first-order valence-corrected chi connectivity index (χ1v) is 6.23. The van der Waals surface area contributed by atoms with Gasteiger partial charge in [0.1, 0.15) is 0 Å². The average Bonchev–Trinajstić information content (AvgIpc) is 2.65. The Hall–Kier alpha value is -1.32. The first-order chi connectivity index (χ1) is 8.31. The SMILES string of the molecule is Cc1ccc2c(c1)c1c(n2CCO)CCNC1. The van der Waals surface area contributed by atoms with Gasteiger partial charge >= 0.3 is 0 Å². The molecular weight excluding hydrogens is 212 g/mol. The van der Waals surface area contributed by atoms with Gasteiger partial charge in [-0.15, -0.1) is 0 Å². The van der Waals surface area contributed by atoms with Crippen molar-refractivity contribution >= 4 is 10.9 Å². The molecule has 0 radical (unpaired) electrons. The number of benzene rings is 1. The molecule has 3 nitrogen and oxygen atoms in total. The molecule has 0 aliphatic carbocycles. The molecule has 0 fully saturated rings. The van der Waals surface area contributed by atoms with Gasteiger partial charge in [-0.1, -0.05) is 11.6 Å². The maximum absolute atomic E-state index is 9.22. The third-order valence-electron chi connectivity index (χ3n) is 3.61. The number of nitrogens with one attached hydrogen (secondary N) is 1. The number of aliphatic hydroxyl groups excluding tert-OH is 1. The summed E-state index contributed by atoms with van der Waals surface area (Å²) in [6.45, 7) is 5.03. The molecule has 0 spiro atoms. The Morgan fingerprint density at radius 1 is 1.41 bits per heavy atom. The molecule has 3 heteroatoms. The van der Waals surface area contributed by atoms with Crippen LogP contribution in [0.15, 0.2) is 18.2 Å². The molecule has 0 unspecified atom stereocenters. The third kappa shape index (κ3) is 1.66. The molecule has 1 aliphatic heterocycles. The van der Waals surface area contributed by atoms with Gasteiger partial charge in [-0.25, -0.2) is 0 Å². The van der Waals surface area contributed by atoms with Crippen LogP contribution in [0.2, 0.25) is 0 Å². The van der Waals surface area contributed by atoms with E-state index in [2.05, 4.69) is 35.0 Å². The summed E-state index contributed by atoms with van der Waals surface area (Å²) >= 11 is 0. The van der Waals surface area contributed by atoms with Crippen LogP contribution in [0.1, 0.15) is 16.8 Å². The Bertz CT molecular complexity index is 557. The van der Waals surface area contributed by atoms with Crippen molar-refractivity contribution in [3.63, 3.8) is 0 Å². The summed E-state index contributed by atoms with van der Waals surface area (Å²) in [5.41, 5.74) is 5.38. The normalized spacial score (nSPS) is 15.2. The van der Waals surface area contributed by atoms with E-state index >= 15 is 0 Å². The summed E-state index contributed by atoms with van der Waals surface area (Å²) in [6.07, 6.45) is 1.06. The van der Waals surface area contributed by atoms with E-state index in [1.807, 2.05) is 0 Å². The number of aromatic nitrogens is 1. The molecule has 2 heterocycles. The minimum Gasteiger partial charge on any atom is -0.395 e. The predicted octanol–water partition coefficient (Wildman–Crippen LogP) is 1.59. The quantitative estimate of drug-likeness (QED) is 0.822. The molecule has 1 aromatic heterocycles. The van der Waals surface area contributed by atoms with Crippen molar-refractivity contribution in [2.24, 2.45) is 0 Å². The zero-order valence-corrected chi connectivity index (χ0v) is 10.2. The smallest absolute Gasteiger partial charge is 0.0610 e. The Morgan fingerprint density at radius 3 is 3.12 bits per heavy atom. The maximum Gasteiger partial charge on any atom is 0.0610 e. The van der Waals surface area contributed by atoms with Crippen molar-refractivity contribution in [3.8, 4) is 0 Å². The van der Waals surface area contributed by atoms with E-state index in [-0.39, 0.29) is 6.61 Å². The van der Waals surface area contributed by atoms with Crippen LogP contribution in [0.3, 0.4) is 0 Å². The summed E-state index contributed by atoms with van der Waals surface area (Å²) in [5, 5.41) is 14.0. The highest BCUT2D eigenvalue weighted by Gasteiger charge is 2.19. The Balaban J connectivity index is 2.29. The van der Waals surface area contributed by atoms with Crippen molar-refractivity contribution in [1.82, 2.24) is 9.88 Å². The van der Waals surface area contributed by atoms with Crippen LogP contribution in [0, 0.1) is 6.92 Å². The van der Waals surface area contributed by atoms with Crippen LogP contribution in [0.5, 0.6) is 0 Å². The van der Waals surface area contributed by atoms with E-state index in [0.717, 1.165) is 19.5 Å². The molecule has 0 saturated heterocycles. The molecule has 0 bridgehead atoms. The summed E-state index contributed by atoms with van der Waals surface area (Å²) in [6, 6.07) is 6.59. The number of rotatable bonds is 2. The van der Waals surface area contributed by atoms with Gasteiger partial charge in [-0.2, -0.15) is 0 Å². The van der Waals surface area contributed by atoms with Gasteiger partial charge in [0.15, 0.2) is 0 Å². The second kappa shape index (κ2) is 4.17. The molecule has 1 aromatic carbocycles. The fraction of sp³-hybridized carbons (Fsp3) is 0.429. The highest BCUT2D eigenvalue weighted by Crippen LogP contribution is 2.29. The summed E-state index contributed by atoms with van der Waals surface area (Å²) < 4.78 is 2.28. The zero-order valence-electron chi connectivity index (χ0n) is 10.2. The van der Waals surface area contributed by atoms with Gasteiger partial charge in [0, 0.05) is 42.7 Å². The topological polar surface area (TPSA) is 37.2 Å². The van der Waals surface area contributed by atoms with E-state index in [9.17, 15) is 5.11 Å². The van der Waals surface area contributed by atoms with E-state index in [4.69, 9.17) is 0 Å². The first-order valence-electron chi connectivity index (χ1n) is 6.23. The van der Waals surface area contributed by atoms with Gasteiger partial charge in [0.2, 0.25) is 0 Å². The van der Waals surface area contributed by atoms with Gasteiger partial charge in [0.05, 0.1) is 6.61 Å². The van der Waals surface area contributed by atoms with Crippen LogP contribution in [-0.2, 0) is 19.5 Å². The molecular formula is C14H18N2O. The van der Waals surface area contributed by atoms with Crippen molar-refractivity contribution in [3.05, 3.63) is 35.0 Å². The van der Waals surface area contributed by atoms with Crippen LogP contribution in [0.25, 0.3) is 10.9 Å². The van der Waals surface area contributed by atoms with Gasteiger partial charge in [-0.05, 0) is 24.6 Å². The molecule has 1 aliphatic rings. The Morgan fingerprint density at radius 2 is 2.29 bits per heavy atom.